The molecule has 2 heterocycles. The van der Waals surface area contributed by atoms with E-state index in [2.05, 4.69) is 4.98 Å². The van der Waals surface area contributed by atoms with Gasteiger partial charge in [0.15, 0.2) is 11.7 Å². The lowest BCUT2D eigenvalue weighted by molar-refractivity contribution is -0.120. The summed E-state index contributed by atoms with van der Waals surface area (Å²) < 4.78 is 12.2. The van der Waals surface area contributed by atoms with E-state index < -0.39 is 0 Å². The zero-order chi connectivity index (χ0) is 20.9. The smallest absolute Gasteiger partial charge is 0.267 e. The summed E-state index contributed by atoms with van der Waals surface area (Å²) in [4.78, 5) is 23.7. The van der Waals surface area contributed by atoms with E-state index in [-0.39, 0.29) is 12.5 Å². The number of carbonyl (C=O) groups is 1. The first-order valence-electron chi connectivity index (χ1n) is 9.47. The molecule has 0 aliphatic heterocycles. The Kier molecular flexibility index (Phi) is 5.90. The van der Waals surface area contributed by atoms with Gasteiger partial charge in [0.2, 0.25) is 0 Å². The summed E-state index contributed by atoms with van der Waals surface area (Å²) in [5.74, 6) is 1.15. The molecule has 30 heavy (non-hydrogen) atoms. The minimum atomic E-state index is -0.182. The summed E-state index contributed by atoms with van der Waals surface area (Å²) in [5.41, 5.74) is 2.75. The number of amides is 1. The predicted octanol–water partition coefficient (Wildman–Crippen LogP) is 4.62. The Bertz CT molecular complexity index is 1150. The molecule has 152 valence electrons. The summed E-state index contributed by atoms with van der Waals surface area (Å²) in [6.07, 6.45) is 3.46. The number of benzene rings is 2. The van der Waals surface area contributed by atoms with Gasteiger partial charge in [-0.2, -0.15) is 0 Å². The van der Waals surface area contributed by atoms with Gasteiger partial charge in [-0.25, -0.2) is 4.98 Å². The van der Waals surface area contributed by atoms with Crippen molar-refractivity contribution in [1.29, 1.82) is 0 Å². The SMILES string of the molecule is COc1ccc(C)c2sc(N(Cc3cccnc3)C(=O)COc3ccccc3)nc12. The summed E-state index contributed by atoms with van der Waals surface area (Å²) in [5, 5.41) is 0.600. The molecule has 2 aromatic carbocycles. The highest BCUT2D eigenvalue weighted by Gasteiger charge is 2.22. The fourth-order valence-corrected chi connectivity index (χ4v) is 4.12. The van der Waals surface area contributed by atoms with Crippen LogP contribution >= 0.6 is 11.3 Å². The maximum absolute atomic E-state index is 13.2. The summed E-state index contributed by atoms with van der Waals surface area (Å²) >= 11 is 1.47. The van der Waals surface area contributed by atoms with Gasteiger partial charge in [-0.1, -0.05) is 41.7 Å². The number of hydrogen-bond donors (Lipinski definition) is 0. The first-order chi connectivity index (χ1) is 14.7. The molecule has 4 rings (SSSR count). The van der Waals surface area contributed by atoms with Crippen molar-refractivity contribution >= 4 is 32.6 Å². The lowest BCUT2D eigenvalue weighted by Crippen LogP contribution is -2.34. The van der Waals surface area contributed by atoms with E-state index in [9.17, 15) is 4.79 Å². The number of fused-ring (bicyclic) bond motifs is 1. The van der Waals surface area contributed by atoms with Crippen LogP contribution in [0.4, 0.5) is 5.13 Å². The van der Waals surface area contributed by atoms with Gasteiger partial charge in [-0.05, 0) is 42.3 Å². The van der Waals surface area contributed by atoms with Crippen LogP contribution in [0.25, 0.3) is 10.2 Å². The molecule has 4 aromatic rings. The summed E-state index contributed by atoms with van der Waals surface area (Å²) in [7, 11) is 1.62. The van der Waals surface area contributed by atoms with Gasteiger partial charge >= 0.3 is 0 Å². The van der Waals surface area contributed by atoms with Crippen molar-refractivity contribution in [2.75, 3.05) is 18.6 Å². The van der Waals surface area contributed by atoms with Crippen LogP contribution in [0.2, 0.25) is 0 Å². The van der Waals surface area contributed by atoms with Gasteiger partial charge in [-0.15, -0.1) is 0 Å². The third-order valence-corrected chi connectivity index (χ3v) is 5.83. The first kappa shape index (κ1) is 19.8. The van der Waals surface area contributed by atoms with Gasteiger partial charge in [0.1, 0.15) is 17.0 Å². The number of nitrogens with zero attached hydrogens (tertiary/aromatic N) is 3. The van der Waals surface area contributed by atoms with Crippen molar-refractivity contribution < 1.29 is 14.3 Å². The van der Waals surface area contributed by atoms with Crippen molar-refractivity contribution in [3.05, 3.63) is 78.1 Å². The van der Waals surface area contributed by atoms with Gasteiger partial charge in [0.25, 0.3) is 5.91 Å². The number of thiazole rings is 1. The molecule has 0 fully saturated rings. The van der Waals surface area contributed by atoms with E-state index in [1.54, 1.807) is 24.4 Å². The zero-order valence-electron chi connectivity index (χ0n) is 16.7. The van der Waals surface area contributed by atoms with Crippen LogP contribution in [-0.2, 0) is 11.3 Å². The number of ether oxygens (including phenoxy) is 2. The van der Waals surface area contributed by atoms with Gasteiger partial charge in [0, 0.05) is 12.4 Å². The average Bonchev–Trinajstić information content (AvgIpc) is 3.24. The fourth-order valence-electron chi connectivity index (χ4n) is 3.06. The second kappa shape index (κ2) is 8.92. The number of methoxy groups -OCH3 is 1. The number of rotatable bonds is 7. The molecule has 0 saturated carbocycles. The largest absolute Gasteiger partial charge is 0.494 e. The van der Waals surface area contributed by atoms with Crippen LogP contribution in [0.3, 0.4) is 0 Å². The van der Waals surface area contributed by atoms with Crippen LogP contribution in [-0.4, -0.2) is 29.6 Å². The van der Waals surface area contributed by atoms with Crippen LogP contribution in [0.15, 0.2) is 67.0 Å². The molecule has 0 aliphatic rings. The quantitative estimate of drug-likeness (QED) is 0.437. The summed E-state index contributed by atoms with van der Waals surface area (Å²) in [6.45, 7) is 2.29. The molecule has 6 nitrogen and oxygen atoms in total. The Morgan fingerprint density at radius 3 is 2.67 bits per heavy atom. The van der Waals surface area contributed by atoms with E-state index >= 15 is 0 Å². The number of pyridine rings is 1. The molecule has 0 atom stereocenters. The highest BCUT2D eigenvalue weighted by Crippen LogP contribution is 2.36. The number of para-hydroxylation sites is 1. The normalized spacial score (nSPS) is 10.7. The van der Waals surface area contributed by atoms with E-state index in [0.717, 1.165) is 21.3 Å². The topological polar surface area (TPSA) is 64.5 Å². The highest BCUT2D eigenvalue weighted by atomic mass is 32.1. The molecular weight excluding hydrogens is 398 g/mol. The molecule has 0 unspecified atom stereocenters. The minimum absolute atomic E-state index is 0.0870. The van der Waals surface area contributed by atoms with Crippen molar-refractivity contribution in [2.24, 2.45) is 0 Å². The van der Waals surface area contributed by atoms with Crippen LogP contribution in [0.1, 0.15) is 11.1 Å². The third-order valence-electron chi connectivity index (χ3n) is 4.61. The molecule has 0 radical (unpaired) electrons. The zero-order valence-corrected chi connectivity index (χ0v) is 17.6. The van der Waals surface area contributed by atoms with E-state index in [1.165, 1.54) is 11.3 Å². The van der Waals surface area contributed by atoms with E-state index in [4.69, 9.17) is 14.5 Å². The lowest BCUT2D eigenvalue weighted by Gasteiger charge is -2.20. The molecule has 2 aromatic heterocycles. The molecule has 0 aliphatic carbocycles. The molecule has 0 saturated heterocycles. The standard InChI is InChI=1S/C23H21N3O3S/c1-16-10-11-19(28-2)21-22(16)30-23(25-21)26(14-17-7-6-12-24-13-17)20(27)15-29-18-8-4-3-5-9-18/h3-13H,14-15H2,1-2H3. The maximum Gasteiger partial charge on any atom is 0.267 e. The number of anilines is 1. The lowest BCUT2D eigenvalue weighted by atomic mass is 10.2. The summed E-state index contributed by atoms with van der Waals surface area (Å²) in [6, 6.07) is 17.0. The number of aromatic nitrogens is 2. The molecular formula is C23H21N3O3S. The Labute approximate surface area is 178 Å². The number of aryl methyl sites for hydroxylation is 1. The van der Waals surface area contributed by atoms with E-state index in [1.807, 2.05) is 61.5 Å². The maximum atomic E-state index is 13.2. The van der Waals surface area contributed by atoms with Crippen molar-refractivity contribution in [3.63, 3.8) is 0 Å². The van der Waals surface area contributed by atoms with Crippen molar-refractivity contribution in [1.82, 2.24) is 9.97 Å². The second-order valence-electron chi connectivity index (χ2n) is 6.70. The molecule has 0 spiro atoms. The Morgan fingerprint density at radius 1 is 1.10 bits per heavy atom. The monoisotopic (exact) mass is 419 g/mol. The first-order valence-corrected chi connectivity index (χ1v) is 10.3. The molecule has 0 N–H and O–H groups in total. The number of carbonyl (C=O) groups excluding carboxylic acids is 1. The van der Waals surface area contributed by atoms with Crippen LogP contribution in [0, 0.1) is 6.92 Å². The average molecular weight is 420 g/mol. The van der Waals surface area contributed by atoms with Crippen molar-refractivity contribution in [2.45, 2.75) is 13.5 Å². The van der Waals surface area contributed by atoms with Gasteiger partial charge < -0.3 is 9.47 Å². The van der Waals surface area contributed by atoms with Gasteiger partial charge in [0.05, 0.1) is 18.4 Å². The van der Waals surface area contributed by atoms with Crippen LogP contribution in [0.5, 0.6) is 11.5 Å². The predicted molar refractivity (Wildman–Crippen MR) is 118 cm³/mol. The Morgan fingerprint density at radius 2 is 1.93 bits per heavy atom. The minimum Gasteiger partial charge on any atom is -0.494 e. The third kappa shape index (κ3) is 4.26. The highest BCUT2D eigenvalue weighted by molar-refractivity contribution is 7.22. The second-order valence-corrected chi connectivity index (χ2v) is 7.68. The number of hydrogen-bond acceptors (Lipinski definition) is 6. The van der Waals surface area contributed by atoms with Crippen LogP contribution < -0.4 is 14.4 Å². The molecule has 1 amide bonds. The van der Waals surface area contributed by atoms with Gasteiger partial charge in [-0.3, -0.25) is 14.7 Å². The Hall–Kier alpha value is -3.45. The van der Waals surface area contributed by atoms with E-state index in [0.29, 0.717) is 23.2 Å². The Balaban J connectivity index is 1.67. The molecule has 7 heteroatoms. The fraction of sp³-hybridized carbons (Fsp3) is 0.174. The molecule has 0 bridgehead atoms. The van der Waals surface area contributed by atoms with Crippen molar-refractivity contribution in [3.8, 4) is 11.5 Å².